The lowest BCUT2D eigenvalue weighted by Crippen LogP contribution is -2.23. The second kappa shape index (κ2) is 7.45. The molecule has 1 aliphatic rings. The van der Waals surface area contributed by atoms with E-state index in [-0.39, 0.29) is 6.04 Å². The first-order valence-corrected chi connectivity index (χ1v) is 8.90. The number of hydrogen-bond donors (Lipinski definition) is 1. The second-order valence-electron chi connectivity index (χ2n) is 7.48. The molecule has 118 valence electrons. The standard InChI is InChI=1S/C20H33N/c1-14(2)17-11-12-18(19(13-17)15(3)4)20(21)16-9-7-5-6-8-10-16/h11-16,20H,5-10,21H2,1-4H3. The number of benzene rings is 1. The van der Waals surface area contributed by atoms with Crippen LogP contribution in [0.5, 0.6) is 0 Å². The Bertz CT molecular complexity index is 439. The van der Waals surface area contributed by atoms with Gasteiger partial charge in [-0.15, -0.1) is 0 Å². The van der Waals surface area contributed by atoms with Crippen LogP contribution in [0.1, 0.15) is 101 Å². The molecule has 0 heterocycles. The fourth-order valence-electron chi connectivity index (χ4n) is 3.68. The molecular weight excluding hydrogens is 254 g/mol. The van der Waals surface area contributed by atoms with Gasteiger partial charge < -0.3 is 5.73 Å². The van der Waals surface area contributed by atoms with E-state index in [0.29, 0.717) is 17.8 Å². The molecule has 2 N–H and O–H groups in total. The quantitative estimate of drug-likeness (QED) is 0.685. The van der Waals surface area contributed by atoms with Crippen LogP contribution in [-0.2, 0) is 0 Å². The molecule has 0 aromatic heterocycles. The molecule has 0 radical (unpaired) electrons. The van der Waals surface area contributed by atoms with Crippen LogP contribution in [0.25, 0.3) is 0 Å². The third-order valence-electron chi connectivity index (χ3n) is 5.17. The van der Waals surface area contributed by atoms with E-state index in [0.717, 1.165) is 0 Å². The summed E-state index contributed by atoms with van der Waals surface area (Å²) in [5, 5.41) is 0. The van der Waals surface area contributed by atoms with Crippen molar-refractivity contribution in [1.82, 2.24) is 0 Å². The lowest BCUT2D eigenvalue weighted by molar-refractivity contribution is 0.380. The van der Waals surface area contributed by atoms with Crippen molar-refractivity contribution in [2.75, 3.05) is 0 Å². The summed E-state index contributed by atoms with van der Waals surface area (Å²) in [4.78, 5) is 0. The molecular formula is C20H33N. The zero-order valence-corrected chi connectivity index (χ0v) is 14.4. The van der Waals surface area contributed by atoms with Crippen molar-refractivity contribution in [3.63, 3.8) is 0 Å². The maximum Gasteiger partial charge on any atom is 0.0326 e. The van der Waals surface area contributed by atoms with Crippen LogP contribution >= 0.6 is 0 Å². The molecule has 0 aliphatic heterocycles. The first-order chi connectivity index (χ1) is 10.0. The van der Waals surface area contributed by atoms with E-state index in [1.165, 1.54) is 55.2 Å². The van der Waals surface area contributed by atoms with E-state index in [9.17, 15) is 0 Å². The van der Waals surface area contributed by atoms with Crippen LogP contribution in [0.15, 0.2) is 18.2 Å². The molecule has 2 rings (SSSR count). The Morgan fingerprint density at radius 3 is 2.00 bits per heavy atom. The summed E-state index contributed by atoms with van der Waals surface area (Å²) in [6.07, 6.45) is 8.13. The van der Waals surface area contributed by atoms with Crippen molar-refractivity contribution in [3.8, 4) is 0 Å². The third-order valence-corrected chi connectivity index (χ3v) is 5.17. The molecule has 0 bridgehead atoms. The van der Waals surface area contributed by atoms with E-state index >= 15 is 0 Å². The Labute approximate surface area is 131 Å². The fourth-order valence-corrected chi connectivity index (χ4v) is 3.68. The molecule has 1 aromatic rings. The molecule has 1 fully saturated rings. The molecule has 1 heteroatoms. The van der Waals surface area contributed by atoms with Gasteiger partial charge in [0.15, 0.2) is 0 Å². The van der Waals surface area contributed by atoms with Gasteiger partial charge in [0.1, 0.15) is 0 Å². The van der Waals surface area contributed by atoms with E-state index in [2.05, 4.69) is 45.9 Å². The molecule has 0 spiro atoms. The average molecular weight is 287 g/mol. The largest absolute Gasteiger partial charge is 0.324 e. The topological polar surface area (TPSA) is 26.0 Å². The minimum Gasteiger partial charge on any atom is -0.324 e. The normalized spacial score (nSPS) is 19.0. The van der Waals surface area contributed by atoms with Gasteiger partial charge in [-0.1, -0.05) is 71.6 Å². The SMILES string of the molecule is CC(C)c1ccc(C(N)C2CCCCCC2)c(C(C)C)c1. The Morgan fingerprint density at radius 1 is 0.857 bits per heavy atom. The van der Waals surface area contributed by atoms with Crippen molar-refractivity contribution >= 4 is 0 Å². The van der Waals surface area contributed by atoms with Gasteiger partial charge in [0.2, 0.25) is 0 Å². The molecule has 1 aromatic carbocycles. The van der Waals surface area contributed by atoms with Crippen LogP contribution in [-0.4, -0.2) is 0 Å². The lowest BCUT2D eigenvalue weighted by atomic mass is 9.82. The minimum absolute atomic E-state index is 0.224. The molecule has 1 nitrogen and oxygen atoms in total. The van der Waals surface area contributed by atoms with Crippen LogP contribution in [0.2, 0.25) is 0 Å². The smallest absolute Gasteiger partial charge is 0.0326 e. The van der Waals surface area contributed by atoms with Crippen LogP contribution in [0.3, 0.4) is 0 Å². The summed E-state index contributed by atoms with van der Waals surface area (Å²) in [7, 11) is 0. The summed E-state index contributed by atoms with van der Waals surface area (Å²) in [5.41, 5.74) is 11.0. The average Bonchev–Trinajstić information content (AvgIpc) is 2.74. The van der Waals surface area contributed by atoms with Crippen LogP contribution < -0.4 is 5.73 Å². The van der Waals surface area contributed by atoms with Crippen molar-refractivity contribution in [2.24, 2.45) is 11.7 Å². The van der Waals surface area contributed by atoms with Gasteiger partial charge in [0, 0.05) is 6.04 Å². The lowest BCUT2D eigenvalue weighted by Gasteiger charge is -2.27. The summed E-state index contributed by atoms with van der Waals surface area (Å²) in [6.45, 7) is 9.13. The highest BCUT2D eigenvalue weighted by Gasteiger charge is 2.24. The summed E-state index contributed by atoms with van der Waals surface area (Å²) in [6, 6.07) is 7.24. The van der Waals surface area contributed by atoms with E-state index in [1.807, 2.05) is 0 Å². The summed E-state index contributed by atoms with van der Waals surface area (Å²) < 4.78 is 0. The maximum atomic E-state index is 6.70. The van der Waals surface area contributed by atoms with E-state index in [1.54, 1.807) is 0 Å². The van der Waals surface area contributed by atoms with Crippen molar-refractivity contribution in [1.29, 1.82) is 0 Å². The Morgan fingerprint density at radius 2 is 1.48 bits per heavy atom. The van der Waals surface area contributed by atoms with Crippen molar-refractivity contribution in [3.05, 3.63) is 34.9 Å². The van der Waals surface area contributed by atoms with Gasteiger partial charge in [-0.25, -0.2) is 0 Å². The predicted octanol–water partition coefficient (Wildman–Crippen LogP) is 5.90. The van der Waals surface area contributed by atoms with Gasteiger partial charge in [-0.3, -0.25) is 0 Å². The predicted molar refractivity (Wildman–Crippen MR) is 92.7 cm³/mol. The maximum absolute atomic E-state index is 6.70. The minimum atomic E-state index is 0.224. The van der Waals surface area contributed by atoms with Crippen molar-refractivity contribution < 1.29 is 0 Å². The van der Waals surface area contributed by atoms with Crippen LogP contribution in [0.4, 0.5) is 0 Å². The van der Waals surface area contributed by atoms with Gasteiger partial charge in [-0.05, 0) is 47.3 Å². The highest BCUT2D eigenvalue weighted by molar-refractivity contribution is 5.37. The molecule has 1 aliphatic carbocycles. The Hall–Kier alpha value is -0.820. The fraction of sp³-hybridized carbons (Fsp3) is 0.700. The summed E-state index contributed by atoms with van der Waals surface area (Å²) >= 11 is 0. The Kier molecular flexibility index (Phi) is 5.87. The highest BCUT2D eigenvalue weighted by Crippen LogP contribution is 2.36. The van der Waals surface area contributed by atoms with E-state index in [4.69, 9.17) is 5.73 Å². The summed E-state index contributed by atoms with van der Waals surface area (Å²) in [5.74, 6) is 1.82. The molecule has 0 saturated heterocycles. The second-order valence-corrected chi connectivity index (χ2v) is 7.48. The first kappa shape index (κ1) is 16.5. The third kappa shape index (κ3) is 4.10. The number of rotatable bonds is 4. The van der Waals surface area contributed by atoms with E-state index < -0.39 is 0 Å². The molecule has 21 heavy (non-hydrogen) atoms. The van der Waals surface area contributed by atoms with Gasteiger partial charge >= 0.3 is 0 Å². The van der Waals surface area contributed by atoms with Gasteiger partial charge in [-0.2, -0.15) is 0 Å². The first-order valence-electron chi connectivity index (χ1n) is 8.90. The van der Waals surface area contributed by atoms with Crippen LogP contribution in [0, 0.1) is 5.92 Å². The molecule has 1 saturated carbocycles. The zero-order valence-electron chi connectivity index (χ0n) is 14.4. The molecule has 1 atom stereocenters. The van der Waals surface area contributed by atoms with Gasteiger partial charge in [0.25, 0.3) is 0 Å². The molecule has 1 unspecified atom stereocenters. The van der Waals surface area contributed by atoms with Crippen molar-refractivity contribution in [2.45, 2.75) is 84.1 Å². The molecule has 0 amide bonds. The number of hydrogen-bond acceptors (Lipinski definition) is 1. The zero-order chi connectivity index (χ0) is 15.4. The highest BCUT2D eigenvalue weighted by atomic mass is 14.7. The monoisotopic (exact) mass is 287 g/mol. The van der Waals surface area contributed by atoms with Gasteiger partial charge in [0.05, 0.1) is 0 Å². The number of nitrogens with two attached hydrogens (primary N) is 1. The Balaban J connectivity index is 2.28.